The number of hydrogen-bond donors (Lipinski definition) is 1. The zero-order chi connectivity index (χ0) is 22.8. The molecule has 0 amide bonds. The van der Waals surface area contributed by atoms with E-state index in [9.17, 15) is 4.79 Å². The number of nitrogens with zero attached hydrogens (tertiary/aromatic N) is 1. The van der Waals surface area contributed by atoms with E-state index in [0.29, 0.717) is 24.6 Å². The molecule has 0 spiro atoms. The van der Waals surface area contributed by atoms with Crippen LogP contribution in [0.1, 0.15) is 50.8 Å². The van der Waals surface area contributed by atoms with Gasteiger partial charge in [-0.15, -0.1) is 0 Å². The number of carbonyl (C=O) groups excluding carboxylic acids is 1. The van der Waals surface area contributed by atoms with Crippen LogP contribution in [0.5, 0.6) is 5.75 Å². The van der Waals surface area contributed by atoms with E-state index >= 15 is 0 Å². The van der Waals surface area contributed by atoms with Crippen molar-refractivity contribution >= 4 is 11.8 Å². The highest BCUT2D eigenvalue weighted by Crippen LogP contribution is 2.39. The van der Waals surface area contributed by atoms with E-state index in [1.54, 1.807) is 6.20 Å². The molecular formula is C27H30N2O3. The van der Waals surface area contributed by atoms with Crippen molar-refractivity contribution in [1.82, 2.24) is 4.98 Å². The minimum absolute atomic E-state index is 0.0744. The number of nitrogens with one attached hydrogen (secondary N) is 1. The Morgan fingerprint density at radius 3 is 2.47 bits per heavy atom. The standard InChI is InChI=1S/C27H30N2O3/c1-26(2,3)20-12-14-21(15-13-20)27(4)17-22(25(30)32-27)29-24-23(11-8-16-28-24)31-18-19-9-6-5-7-10-19/h5-16,22H,17-18H2,1-4H3,(H,28,29). The summed E-state index contributed by atoms with van der Waals surface area (Å²) in [6, 6.07) is 21.5. The molecule has 5 heteroatoms. The van der Waals surface area contributed by atoms with Gasteiger partial charge in [-0.2, -0.15) is 0 Å². The van der Waals surface area contributed by atoms with Crippen molar-refractivity contribution in [3.8, 4) is 5.75 Å². The maximum atomic E-state index is 12.7. The molecule has 1 aliphatic rings. The second kappa shape index (κ2) is 8.65. The molecular weight excluding hydrogens is 400 g/mol. The average Bonchev–Trinajstić information content (AvgIpc) is 3.07. The van der Waals surface area contributed by atoms with Crippen molar-refractivity contribution in [1.29, 1.82) is 0 Å². The number of aromatic nitrogens is 1. The third-order valence-electron chi connectivity index (χ3n) is 5.88. The fourth-order valence-corrected chi connectivity index (χ4v) is 3.93. The Kier molecular flexibility index (Phi) is 5.92. The molecule has 5 nitrogen and oxygen atoms in total. The lowest BCUT2D eigenvalue weighted by Crippen LogP contribution is -2.26. The molecule has 1 aromatic heterocycles. The lowest BCUT2D eigenvalue weighted by atomic mass is 9.84. The minimum Gasteiger partial charge on any atom is -0.485 e. The third kappa shape index (κ3) is 4.77. The summed E-state index contributed by atoms with van der Waals surface area (Å²) in [5, 5.41) is 3.25. The van der Waals surface area contributed by atoms with E-state index in [1.165, 1.54) is 5.56 Å². The largest absolute Gasteiger partial charge is 0.485 e. The fourth-order valence-electron chi connectivity index (χ4n) is 3.93. The number of rotatable bonds is 6. The van der Waals surface area contributed by atoms with Crippen LogP contribution < -0.4 is 10.1 Å². The van der Waals surface area contributed by atoms with E-state index in [-0.39, 0.29) is 11.4 Å². The Hall–Kier alpha value is -3.34. The summed E-state index contributed by atoms with van der Waals surface area (Å²) < 4.78 is 11.8. The van der Waals surface area contributed by atoms with Gasteiger partial charge in [0.05, 0.1) is 0 Å². The second-order valence-electron chi connectivity index (χ2n) is 9.50. The number of ether oxygens (including phenoxy) is 2. The van der Waals surface area contributed by atoms with E-state index < -0.39 is 11.6 Å². The molecule has 1 aliphatic heterocycles. The molecule has 32 heavy (non-hydrogen) atoms. The Bertz CT molecular complexity index is 1070. The Labute approximate surface area is 189 Å². The van der Waals surface area contributed by atoms with Crippen LogP contribution in [0, 0.1) is 0 Å². The highest BCUT2D eigenvalue weighted by molar-refractivity contribution is 5.82. The number of anilines is 1. The molecule has 0 aliphatic carbocycles. The molecule has 0 saturated carbocycles. The van der Waals surface area contributed by atoms with E-state index in [0.717, 1.165) is 11.1 Å². The summed E-state index contributed by atoms with van der Waals surface area (Å²) >= 11 is 0. The summed E-state index contributed by atoms with van der Waals surface area (Å²) in [6.45, 7) is 8.94. The van der Waals surface area contributed by atoms with Crippen molar-refractivity contribution in [2.24, 2.45) is 0 Å². The van der Waals surface area contributed by atoms with Crippen molar-refractivity contribution in [3.63, 3.8) is 0 Å². The van der Waals surface area contributed by atoms with Crippen LogP contribution in [0.15, 0.2) is 72.9 Å². The average molecular weight is 431 g/mol. The van der Waals surface area contributed by atoms with E-state index in [1.807, 2.05) is 49.4 Å². The van der Waals surface area contributed by atoms with Gasteiger partial charge >= 0.3 is 5.97 Å². The quantitative estimate of drug-likeness (QED) is 0.516. The zero-order valence-corrected chi connectivity index (χ0v) is 19.1. The van der Waals surface area contributed by atoms with Gasteiger partial charge in [0.25, 0.3) is 0 Å². The number of carbonyl (C=O) groups is 1. The first-order chi connectivity index (χ1) is 15.2. The molecule has 2 heterocycles. The molecule has 4 rings (SSSR count). The number of hydrogen-bond acceptors (Lipinski definition) is 5. The first kappa shape index (κ1) is 21.9. The lowest BCUT2D eigenvalue weighted by molar-refractivity contribution is -0.148. The first-order valence-electron chi connectivity index (χ1n) is 11.0. The van der Waals surface area contributed by atoms with Crippen molar-refractivity contribution < 1.29 is 14.3 Å². The normalized spacial score (nSPS) is 20.6. The van der Waals surface area contributed by atoms with Gasteiger partial charge in [0, 0.05) is 12.6 Å². The third-order valence-corrected chi connectivity index (χ3v) is 5.88. The predicted molar refractivity (Wildman–Crippen MR) is 126 cm³/mol. The molecule has 2 unspecified atom stereocenters. The fraction of sp³-hybridized carbons (Fsp3) is 0.333. The van der Waals surface area contributed by atoms with Crippen LogP contribution in [0.3, 0.4) is 0 Å². The van der Waals surface area contributed by atoms with Gasteiger partial charge in [0.15, 0.2) is 11.6 Å². The molecule has 1 saturated heterocycles. The molecule has 1 N–H and O–H groups in total. The van der Waals surface area contributed by atoms with Crippen LogP contribution in [-0.4, -0.2) is 17.0 Å². The maximum absolute atomic E-state index is 12.7. The van der Waals surface area contributed by atoms with E-state index in [2.05, 4.69) is 55.3 Å². The molecule has 0 bridgehead atoms. The van der Waals surface area contributed by atoms with Crippen LogP contribution in [0.4, 0.5) is 5.82 Å². The number of benzene rings is 2. The smallest absolute Gasteiger partial charge is 0.329 e. The number of esters is 1. The number of cyclic esters (lactones) is 1. The Morgan fingerprint density at radius 2 is 1.78 bits per heavy atom. The van der Waals surface area contributed by atoms with Gasteiger partial charge in [-0.25, -0.2) is 9.78 Å². The topological polar surface area (TPSA) is 60.5 Å². The molecule has 166 valence electrons. The van der Waals surface area contributed by atoms with Crippen LogP contribution >= 0.6 is 0 Å². The van der Waals surface area contributed by atoms with Crippen LogP contribution in [-0.2, 0) is 27.2 Å². The van der Waals surface area contributed by atoms with Crippen molar-refractivity contribution in [3.05, 3.63) is 89.6 Å². The highest BCUT2D eigenvalue weighted by atomic mass is 16.6. The SMILES string of the molecule is CC(C)(C)c1ccc(C2(C)CC(Nc3ncccc3OCc3ccccc3)C(=O)O2)cc1. The summed E-state index contributed by atoms with van der Waals surface area (Å²) in [5.41, 5.74) is 2.69. The monoisotopic (exact) mass is 430 g/mol. The second-order valence-corrected chi connectivity index (χ2v) is 9.50. The lowest BCUT2D eigenvalue weighted by Gasteiger charge is -2.25. The van der Waals surface area contributed by atoms with Gasteiger partial charge in [-0.05, 0) is 41.2 Å². The molecule has 0 radical (unpaired) electrons. The van der Waals surface area contributed by atoms with Gasteiger partial charge in [-0.1, -0.05) is 75.4 Å². The number of pyridine rings is 1. The summed E-state index contributed by atoms with van der Waals surface area (Å²) in [5.74, 6) is 0.858. The molecule has 3 aromatic rings. The van der Waals surface area contributed by atoms with Crippen molar-refractivity contribution in [2.75, 3.05) is 5.32 Å². The van der Waals surface area contributed by atoms with Crippen LogP contribution in [0.2, 0.25) is 0 Å². The minimum atomic E-state index is -0.689. The Morgan fingerprint density at radius 1 is 1.06 bits per heavy atom. The summed E-state index contributed by atoms with van der Waals surface area (Å²) in [7, 11) is 0. The highest BCUT2D eigenvalue weighted by Gasteiger charge is 2.45. The van der Waals surface area contributed by atoms with Crippen molar-refractivity contribution in [2.45, 2.75) is 57.8 Å². The van der Waals surface area contributed by atoms with Gasteiger partial charge in [-0.3, -0.25) is 0 Å². The van der Waals surface area contributed by atoms with Gasteiger partial charge in [0.1, 0.15) is 18.2 Å². The van der Waals surface area contributed by atoms with E-state index in [4.69, 9.17) is 9.47 Å². The van der Waals surface area contributed by atoms with Gasteiger partial charge < -0.3 is 14.8 Å². The Balaban J connectivity index is 1.47. The zero-order valence-electron chi connectivity index (χ0n) is 19.1. The summed E-state index contributed by atoms with van der Waals surface area (Å²) in [4.78, 5) is 17.1. The molecule has 2 aromatic carbocycles. The predicted octanol–water partition coefficient (Wildman–Crippen LogP) is 5.60. The maximum Gasteiger partial charge on any atom is 0.329 e. The van der Waals surface area contributed by atoms with Crippen LogP contribution in [0.25, 0.3) is 0 Å². The molecule has 1 fully saturated rings. The molecule has 2 atom stereocenters. The van der Waals surface area contributed by atoms with Gasteiger partial charge in [0.2, 0.25) is 0 Å². The summed E-state index contributed by atoms with van der Waals surface area (Å²) in [6.07, 6.45) is 2.19. The first-order valence-corrected chi connectivity index (χ1v) is 11.0.